The number of aromatic nitrogens is 1. The normalized spacial score (nSPS) is 16.4. The van der Waals surface area contributed by atoms with Gasteiger partial charge in [0.05, 0.1) is 16.8 Å². The maximum absolute atomic E-state index is 12.6. The van der Waals surface area contributed by atoms with E-state index in [-0.39, 0.29) is 5.91 Å². The minimum Gasteiger partial charge on any atom is -0.336 e. The second-order valence-corrected chi connectivity index (χ2v) is 7.55. The van der Waals surface area contributed by atoms with E-state index in [9.17, 15) is 4.79 Å². The number of piperazine rings is 1. The lowest BCUT2D eigenvalue weighted by Crippen LogP contribution is -2.48. The first-order chi connectivity index (χ1) is 10.1. The fourth-order valence-corrected chi connectivity index (χ4v) is 4.13. The summed E-state index contributed by atoms with van der Waals surface area (Å²) in [5.41, 5.74) is 3.88. The number of nitrogens with zero attached hydrogens (tertiary/aromatic N) is 3. The van der Waals surface area contributed by atoms with E-state index in [1.807, 2.05) is 23.4 Å². The van der Waals surface area contributed by atoms with E-state index in [2.05, 4.69) is 22.2 Å². The molecule has 2 aromatic heterocycles. The fraction of sp³-hybridized carbons (Fsp3) is 0.467. The standard InChI is InChI=1S/C15H19N3OS2/c1-11-7-14(12(2)21-11)15(19)18-5-3-17(4-6-18)8-13-9-20-10-16-13/h7,9-10H,3-6,8H2,1-2H3. The number of amides is 1. The average Bonchev–Trinajstić information content (AvgIpc) is 3.08. The average molecular weight is 321 g/mol. The number of thiophene rings is 1. The van der Waals surface area contributed by atoms with Gasteiger partial charge in [0.2, 0.25) is 0 Å². The maximum atomic E-state index is 12.6. The Labute approximate surface area is 133 Å². The summed E-state index contributed by atoms with van der Waals surface area (Å²) >= 11 is 3.33. The summed E-state index contributed by atoms with van der Waals surface area (Å²) in [7, 11) is 0. The molecule has 0 saturated carbocycles. The van der Waals surface area contributed by atoms with Crippen LogP contribution >= 0.6 is 22.7 Å². The molecule has 1 saturated heterocycles. The largest absolute Gasteiger partial charge is 0.336 e. The highest BCUT2D eigenvalue weighted by molar-refractivity contribution is 7.12. The van der Waals surface area contributed by atoms with Gasteiger partial charge in [-0.2, -0.15) is 0 Å². The number of thiazole rings is 1. The van der Waals surface area contributed by atoms with Crippen LogP contribution in [0.3, 0.4) is 0 Å². The molecule has 0 N–H and O–H groups in total. The quantitative estimate of drug-likeness (QED) is 0.872. The van der Waals surface area contributed by atoms with E-state index in [0.29, 0.717) is 0 Å². The molecule has 0 aromatic carbocycles. The third-order valence-corrected chi connectivity index (χ3v) is 5.40. The van der Waals surface area contributed by atoms with Gasteiger partial charge in [-0.15, -0.1) is 22.7 Å². The van der Waals surface area contributed by atoms with Gasteiger partial charge in [0, 0.05) is 47.9 Å². The molecule has 112 valence electrons. The number of carbonyl (C=O) groups is 1. The zero-order chi connectivity index (χ0) is 14.8. The van der Waals surface area contributed by atoms with Crippen molar-refractivity contribution < 1.29 is 4.79 Å². The van der Waals surface area contributed by atoms with Crippen LogP contribution < -0.4 is 0 Å². The molecule has 21 heavy (non-hydrogen) atoms. The van der Waals surface area contributed by atoms with Crippen molar-refractivity contribution in [2.45, 2.75) is 20.4 Å². The van der Waals surface area contributed by atoms with E-state index in [0.717, 1.165) is 48.9 Å². The summed E-state index contributed by atoms with van der Waals surface area (Å²) in [5.74, 6) is 0.185. The van der Waals surface area contributed by atoms with E-state index in [4.69, 9.17) is 0 Å². The topological polar surface area (TPSA) is 36.4 Å². The molecule has 0 atom stereocenters. The van der Waals surface area contributed by atoms with Gasteiger partial charge < -0.3 is 4.90 Å². The lowest BCUT2D eigenvalue weighted by molar-refractivity contribution is 0.0627. The summed E-state index contributed by atoms with van der Waals surface area (Å²) < 4.78 is 0. The van der Waals surface area contributed by atoms with E-state index >= 15 is 0 Å². The van der Waals surface area contributed by atoms with Gasteiger partial charge >= 0.3 is 0 Å². The van der Waals surface area contributed by atoms with Gasteiger partial charge in [0.25, 0.3) is 5.91 Å². The zero-order valence-corrected chi connectivity index (χ0v) is 14.0. The molecule has 1 aliphatic rings. The molecular formula is C15H19N3OS2. The van der Waals surface area contributed by atoms with Crippen LogP contribution in [0.1, 0.15) is 25.8 Å². The highest BCUT2D eigenvalue weighted by Crippen LogP contribution is 2.22. The molecule has 1 amide bonds. The Morgan fingerprint density at radius 3 is 2.62 bits per heavy atom. The molecule has 0 bridgehead atoms. The third-order valence-electron chi connectivity index (χ3n) is 3.80. The van der Waals surface area contributed by atoms with Crippen LogP contribution in [-0.4, -0.2) is 46.9 Å². The molecule has 0 unspecified atom stereocenters. The number of aryl methyl sites for hydroxylation is 2. The highest BCUT2D eigenvalue weighted by atomic mass is 32.1. The maximum Gasteiger partial charge on any atom is 0.255 e. The third kappa shape index (κ3) is 3.33. The molecule has 1 aliphatic heterocycles. The summed E-state index contributed by atoms with van der Waals surface area (Å²) in [4.78, 5) is 23.6. The molecular weight excluding hydrogens is 302 g/mol. The molecule has 3 rings (SSSR count). The molecule has 2 aromatic rings. The second-order valence-electron chi connectivity index (χ2n) is 5.38. The zero-order valence-electron chi connectivity index (χ0n) is 12.3. The molecule has 4 nitrogen and oxygen atoms in total. The van der Waals surface area contributed by atoms with Crippen molar-refractivity contribution >= 4 is 28.6 Å². The predicted octanol–water partition coefficient (Wildman–Crippen LogP) is 2.78. The lowest BCUT2D eigenvalue weighted by atomic mass is 10.2. The van der Waals surface area contributed by atoms with E-state index in [1.54, 1.807) is 22.7 Å². The first-order valence-electron chi connectivity index (χ1n) is 7.09. The molecule has 1 fully saturated rings. The van der Waals surface area contributed by atoms with Crippen molar-refractivity contribution in [3.8, 4) is 0 Å². The first kappa shape index (κ1) is 14.7. The Kier molecular flexibility index (Phi) is 4.37. The minimum atomic E-state index is 0.185. The summed E-state index contributed by atoms with van der Waals surface area (Å²) in [6, 6.07) is 2.02. The van der Waals surface area contributed by atoms with Gasteiger partial charge in [0.15, 0.2) is 0 Å². The van der Waals surface area contributed by atoms with E-state index in [1.165, 1.54) is 4.88 Å². The van der Waals surface area contributed by atoms with Gasteiger partial charge in [0.1, 0.15) is 0 Å². The Morgan fingerprint density at radius 1 is 1.29 bits per heavy atom. The van der Waals surface area contributed by atoms with Gasteiger partial charge in [-0.3, -0.25) is 9.69 Å². The van der Waals surface area contributed by atoms with E-state index < -0.39 is 0 Å². The Morgan fingerprint density at radius 2 is 2.05 bits per heavy atom. The van der Waals surface area contributed by atoms with Crippen molar-refractivity contribution in [3.63, 3.8) is 0 Å². The first-order valence-corrected chi connectivity index (χ1v) is 8.85. The smallest absolute Gasteiger partial charge is 0.255 e. The fourth-order valence-electron chi connectivity index (χ4n) is 2.67. The Bertz CT molecular complexity index is 613. The number of hydrogen-bond acceptors (Lipinski definition) is 5. The Hall–Kier alpha value is -1.24. The summed E-state index contributed by atoms with van der Waals surface area (Å²) in [5, 5.41) is 2.09. The van der Waals surface area contributed by atoms with Crippen LogP contribution in [-0.2, 0) is 6.54 Å². The van der Waals surface area contributed by atoms with Crippen LogP contribution in [0.25, 0.3) is 0 Å². The van der Waals surface area contributed by atoms with Crippen LogP contribution in [0.2, 0.25) is 0 Å². The number of rotatable bonds is 3. The summed E-state index contributed by atoms with van der Waals surface area (Å²) in [6.07, 6.45) is 0. The van der Waals surface area contributed by atoms with Crippen molar-refractivity contribution in [2.75, 3.05) is 26.2 Å². The van der Waals surface area contributed by atoms with Crippen molar-refractivity contribution in [1.82, 2.24) is 14.8 Å². The molecule has 0 radical (unpaired) electrons. The van der Waals surface area contributed by atoms with Gasteiger partial charge in [-0.05, 0) is 19.9 Å². The molecule has 3 heterocycles. The van der Waals surface area contributed by atoms with Gasteiger partial charge in [-0.25, -0.2) is 4.98 Å². The number of carbonyl (C=O) groups excluding carboxylic acids is 1. The summed E-state index contributed by atoms with van der Waals surface area (Å²) in [6.45, 7) is 8.43. The van der Waals surface area contributed by atoms with Crippen molar-refractivity contribution in [2.24, 2.45) is 0 Å². The Balaban J connectivity index is 1.58. The molecule has 6 heteroatoms. The van der Waals surface area contributed by atoms with Crippen molar-refractivity contribution in [3.05, 3.63) is 38.0 Å². The molecule has 0 aliphatic carbocycles. The second kappa shape index (κ2) is 6.25. The lowest BCUT2D eigenvalue weighted by Gasteiger charge is -2.34. The van der Waals surface area contributed by atoms with Crippen LogP contribution in [0.15, 0.2) is 17.0 Å². The highest BCUT2D eigenvalue weighted by Gasteiger charge is 2.24. The van der Waals surface area contributed by atoms with Crippen LogP contribution in [0.5, 0.6) is 0 Å². The molecule has 0 spiro atoms. The SMILES string of the molecule is Cc1cc(C(=O)N2CCN(Cc3cscn3)CC2)c(C)s1. The van der Waals surface area contributed by atoms with Crippen LogP contribution in [0, 0.1) is 13.8 Å². The number of hydrogen-bond donors (Lipinski definition) is 0. The monoisotopic (exact) mass is 321 g/mol. The van der Waals surface area contributed by atoms with Crippen molar-refractivity contribution in [1.29, 1.82) is 0 Å². The predicted molar refractivity (Wildman–Crippen MR) is 87.1 cm³/mol. The van der Waals surface area contributed by atoms with Crippen LogP contribution in [0.4, 0.5) is 0 Å². The van der Waals surface area contributed by atoms with Gasteiger partial charge in [-0.1, -0.05) is 0 Å². The minimum absolute atomic E-state index is 0.185.